The lowest BCUT2D eigenvalue weighted by molar-refractivity contribution is -0.136. The van der Waals surface area contributed by atoms with Crippen molar-refractivity contribution < 1.29 is 4.79 Å². The van der Waals surface area contributed by atoms with Crippen molar-refractivity contribution in [3.63, 3.8) is 0 Å². The molecule has 0 saturated heterocycles. The molecule has 0 aromatic carbocycles. The Morgan fingerprint density at radius 3 is 2.64 bits per heavy atom. The SMILES string of the molecule is CCN(C(=O)C1CC=CCC1)C1CC1. The summed E-state index contributed by atoms with van der Waals surface area (Å²) >= 11 is 0. The molecule has 1 atom stereocenters. The van der Waals surface area contributed by atoms with Crippen LogP contribution in [0, 0.1) is 5.92 Å². The predicted molar refractivity (Wildman–Crippen MR) is 56.9 cm³/mol. The number of hydrogen-bond acceptors (Lipinski definition) is 1. The highest BCUT2D eigenvalue weighted by Gasteiger charge is 2.34. The lowest BCUT2D eigenvalue weighted by atomic mass is 9.93. The van der Waals surface area contributed by atoms with Gasteiger partial charge < -0.3 is 4.90 Å². The average molecular weight is 193 g/mol. The Kier molecular flexibility index (Phi) is 2.90. The summed E-state index contributed by atoms with van der Waals surface area (Å²) < 4.78 is 0. The van der Waals surface area contributed by atoms with Crippen LogP contribution in [0.25, 0.3) is 0 Å². The molecule has 2 heteroatoms. The topological polar surface area (TPSA) is 20.3 Å². The summed E-state index contributed by atoms with van der Waals surface area (Å²) in [7, 11) is 0. The summed E-state index contributed by atoms with van der Waals surface area (Å²) in [6, 6.07) is 0.582. The zero-order chi connectivity index (χ0) is 9.97. The van der Waals surface area contributed by atoms with Gasteiger partial charge in [0.2, 0.25) is 5.91 Å². The molecule has 1 fully saturated rings. The minimum absolute atomic E-state index is 0.278. The molecule has 2 rings (SSSR count). The predicted octanol–water partition coefficient (Wildman–Crippen LogP) is 2.35. The molecular weight excluding hydrogens is 174 g/mol. The first-order valence-electron chi connectivity index (χ1n) is 5.78. The minimum atomic E-state index is 0.278. The fourth-order valence-electron chi connectivity index (χ4n) is 2.23. The van der Waals surface area contributed by atoms with E-state index in [1.807, 2.05) is 0 Å². The van der Waals surface area contributed by atoms with E-state index in [2.05, 4.69) is 24.0 Å². The highest BCUT2D eigenvalue weighted by atomic mass is 16.2. The standard InChI is InChI=1S/C12H19NO/c1-2-13(11-8-9-11)12(14)10-6-4-3-5-7-10/h3-4,10-11H,2,5-9H2,1H3. The van der Waals surface area contributed by atoms with Crippen LogP contribution in [0.2, 0.25) is 0 Å². The quantitative estimate of drug-likeness (QED) is 0.630. The third-order valence-corrected chi connectivity index (χ3v) is 3.23. The third kappa shape index (κ3) is 1.99. The summed E-state index contributed by atoms with van der Waals surface area (Å²) in [5, 5.41) is 0. The fraction of sp³-hybridized carbons (Fsp3) is 0.750. The number of rotatable bonds is 3. The van der Waals surface area contributed by atoms with E-state index in [1.165, 1.54) is 12.8 Å². The maximum Gasteiger partial charge on any atom is 0.226 e. The molecule has 0 radical (unpaired) electrons. The largest absolute Gasteiger partial charge is 0.340 e. The molecule has 78 valence electrons. The second-order valence-corrected chi connectivity index (χ2v) is 4.34. The van der Waals surface area contributed by atoms with Crippen LogP contribution in [0.5, 0.6) is 0 Å². The normalized spacial score (nSPS) is 26.2. The summed E-state index contributed by atoms with van der Waals surface area (Å²) in [5.74, 6) is 0.680. The molecule has 1 saturated carbocycles. The maximum atomic E-state index is 12.1. The van der Waals surface area contributed by atoms with Crippen LogP contribution in [0.15, 0.2) is 12.2 Å². The highest BCUT2D eigenvalue weighted by molar-refractivity contribution is 5.79. The lowest BCUT2D eigenvalue weighted by Gasteiger charge is -2.26. The molecule has 0 heterocycles. The molecule has 0 bridgehead atoms. The van der Waals surface area contributed by atoms with Crippen LogP contribution in [-0.4, -0.2) is 23.4 Å². The van der Waals surface area contributed by atoms with Gasteiger partial charge in [0.1, 0.15) is 0 Å². The van der Waals surface area contributed by atoms with Gasteiger partial charge in [-0.05, 0) is 39.0 Å². The van der Waals surface area contributed by atoms with Crippen molar-refractivity contribution >= 4 is 5.91 Å². The van der Waals surface area contributed by atoms with E-state index in [-0.39, 0.29) is 5.92 Å². The van der Waals surface area contributed by atoms with E-state index in [0.717, 1.165) is 25.8 Å². The number of hydrogen-bond donors (Lipinski definition) is 0. The summed E-state index contributed by atoms with van der Waals surface area (Å²) in [4.78, 5) is 14.2. The smallest absolute Gasteiger partial charge is 0.226 e. The first kappa shape index (κ1) is 9.75. The first-order valence-corrected chi connectivity index (χ1v) is 5.78. The van der Waals surface area contributed by atoms with Gasteiger partial charge in [0.15, 0.2) is 0 Å². The summed E-state index contributed by atoms with van der Waals surface area (Å²) in [6.07, 6.45) is 9.90. The Hall–Kier alpha value is -0.790. The molecule has 0 spiro atoms. The van der Waals surface area contributed by atoms with Gasteiger partial charge in [-0.2, -0.15) is 0 Å². The van der Waals surface area contributed by atoms with Gasteiger partial charge in [0.25, 0.3) is 0 Å². The van der Waals surface area contributed by atoms with E-state index in [4.69, 9.17) is 0 Å². The fourth-order valence-corrected chi connectivity index (χ4v) is 2.23. The number of carbonyl (C=O) groups excluding carboxylic acids is 1. The lowest BCUT2D eigenvalue weighted by Crippen LogP contribution is -2.38. The molecule has 0 N–H and O–H groups in total. The molecule has 2 nitrogen and oxygen atoms in total. The van der Waals surface area contributed by atoms with Crippen molar-refractivity contribution in [2.45, 2.75) is 45.1 Å². The Labute approximate surface area is 86.0 Å². The van der Waals surface area contributed by atoms with Crippen LogP contribution < -0.4 is 0 Å². The van der Waals surface area contributed by atoms with E-state index < -0.39 is 0 Å². The van der Waals surface area contributed by atoms with Gasteiger partial charge in [-0.25, -0.2) is 0 Å². The molecule has 1 unspecified atom stereocenters. The Bertz CT molecular complexity index is 243. The van der Waals surface area contributed by atoms with E-state index in [9.17, 15) is 4.79 Å². The summed E-state index contributed by atoms with van der Waals surface area (Å²) in [6.45, 7) is 2.98. The molecule has 1 amide bonds. The molecule has 2 aliphatic carbocycles. The third-order valence-electron chi connectivity index (χ3n) is 3.23. The number of nitrogens with zero attached hydrogens (tertiary/aromatic N) is 1. The Morgan fingerprint density at radius 2 is 2.14 bits per heavy atom. The van der Waals surface area contributed by atoms with Crippen molar-refractivity contribution in [3.8, 4) is 0 Å². The van der Waals surface area contributed by atoms with Crippen molar-refractivity contribution in [3.05, 3.63) is 12.2 Å². The Morgan fingerprint density at radius 1 is 1.36 bits per heavy atom. The number of allylic oxidation sites excluding steroid dienone is 2. The maximum absolute atomic E-state index is 12.1. The van der Waals surface area contributed by atoms with E-state index >= 15 is 0 Å². The number of amides is 1. The molecule has 0 aliphatic heterocycles. The van der Waals surface area contributed by atoms with E-state index in [0.29, 0.717) is 11.9 Å². The van der Waals surface area contributed by atoms with Gasteiger partial charge in [0.05, 0.1) is 0 Å². The van der Waals surface area contributed by atoms with Gasteiger partial charge in [-0.1, -0.05) is 12.2 Å². The first-order chi connectivity index (χ1) is 6.83. The van der Waals surface area contributed by atoms with Crippen molar-refractivity contribution in [2.24, 2.45) is 5.92 Å². The van der Waals surface area contributed by atoms with Gasteiger partial charge in [0, 0.05) is 18.5 Å². The van der Waals surface area contributed by atoms with Crippen LogP contribution in [0.3, 0.4) is 0 Å². The zero-order valence-electron chi connectivity index (χ0n) is 8.91. The van der Waals surface area contributed by atoms with Crippen molar-refractivity contribution in [2.75, 3.05) is 6.54 Å². The van der Waals surface area contributed by atoms with Crippen LogP contribution in [-0.2, 0) is 4.79 Å². The second kappa shape index (κ2) is 4.16. The average Bonchev–Trinajstić information content (AvgIpc) is 3.04. The van der Waals surface area contributed by atoms with Gasteiger partial charge >= 0.3 is 0 Å². The van der Waals surface area contributed by atoms with Crippen molar-refractivity contribution in [1.82, 2.24) is 4.90 Å². The van der Waals surface area contributed by atoms with Crippen LogP contribution >= 0.6 is 0 Å². The van der Waals surface area contributed by atoms with Gasteiger partial charge in [-0.3, -0.25) is 4.79 Å². The van der Waals surface area contributed by atoms with Gasteiger partial charge in [-0.15, -0.1) is 0 Å². The van der Waals surface area contributed by atoms with E-state index in [1.54, 1.807) is 0 Å². The molecular formula is C12H19NO. The highest BCUT2D eigenvalue weighted by Crippen LogP contribution is 2.30. The second-order valence-electron chi connectivity index (χ2n) is 4.34. The molecule has 0 aromatic heterocycles. The molecule has 2 aliphatic rings. The summed E-state index contributed by atoms with van der Waals surface area (Å²) in [5.41, 5.74) is 0. The number of carbonyl (C=O) groups is 1. The van der Waals surface area contributed by atoms with Crippen molar-refractivity contribution in [1.29, 1.82) is 0 Å². The molecule has 14 heavy (non-hydrogen) atoms. The monoisotopic (exact) mass is 193 g/mol. The van der Waals surface area contributed by atoms with Crippen LogP contribution in [0.4, 0.5) is 0 Å². The molecule has 0 aromatic rings. The minimum Gasteiger partial charge on any atom is -0.340 e. The zero-order valence-corrected chi connectivity index (χ0v) is 8.91. The Balaban J connectivity index is 1.94. The van der Waals surface area contributed by atoms with Crippen LogP contribution in [0.1, 0.15) is 39.0 Å².